The molecular weight excluding hydrogens is 185 g/mol. The Kier molecular flexibility index (Phi) is 2.85. The number of carbonyl (C=O) groups excluding carboxylic acids is 1. The fraction of sp³-hybridized carbons (Fsp3) is 0.143. The maximum absolute atomic E-state index is 10.1. The molecule has 0 aliphatic rings. The Bertz CT molecular complexity index is 275. The Labute approximate surface area is 74.1 Å². The minimum absolute atomic E-state index is 0.281. The van der Waals surface area contributed by atoms with Gasteiger partial charge in [-0.15, -0.1) is 0 Å². The quantitative estimate of drug-likeness (QED) is 0.528. The molecule has 0 atom stereocenters. The number of hydrogen-bond acceptors (Lipinski definition) is 2. The van der Waals surface area contributed by atoms with E-state index in [9.17, 15) is 4.79 Å². The monoisotopic (exact) mass is 189 g/mol. The first-order valence-electron chi connectivity index (χ1n) is 2.97. The lowest BCUT2D eigenvalue weighted by Crippen LogP contribution is -1.88. The topological polar surface area (TPSA) is 30.0 Å². The third-order valence-electron chi connectivity index (χ3n) is 1.20. The average molecular weight is 190 g/mol. The standard InChI is InChI=1S/C7H5Cl2NO/c8-6-3-7(9)10-4-5(6)1-2-11/h2-4H,1H2. The van der Waals surface area contributed by atoms with Gasteiger partial charge in [-0.3, -0.25) is 0 Å². The molecule has 0 amide bonds. The molecule has 0 bridgehead atoms. The lowest BCUT2D eigenvalue weighted by molar-refractivity contribution is -0.107. The zero-order valence-electron chi connectivity index (χ0n) is 5.55. The summed E-state index contributed by atoms with van der Waals surface area (Å²) >= 11 is 11.3. The molecule has 1 rings (SSSR count). The zero-order chi connectivity index (χ0) is 8.27. The van der Waals surface area contributed by atoms with Crippen LogP contribution in [0.15, 0.2) is 12.3 Å². The van der Waals surface area contributed by atoms with Crippen molar-refractivity contribution in [3.05, 3.63) is 28.0 Å². The summed E-state index contributed by atoms with van der Waals surface area (Å²) in [6, 6.07) is 1.52. The molecule has 58 valence electrons. The van der Waals surface area contributed by atoms with E-state index in [2.05, 4.69) is 4.98 Å². The summed E-state index contributed by atoms with van der Waals surface area (Å²) in [7, 11) is 0. The SMILES string of the molecule is O=CCc1cnc(Cl)cc1Cl. The van der Waals surface area contributed by atoms with Crippen LogP contribution >= 0.6 is 23.2 Å². The van der Waals surface area contributed by atoms with Gasteiger partial charge in [0.15, 0.2) is 0 Å². The minimum atomic E-state index is 0.281. The van der Waals surface area contributed by atoms with Gasteiger partial charge in [0, 0.05) is 17.6 Å². The van der Waals surface area contributed by atoms with E-state index in [1.165, 1.54) is 12.3 Å². The lowest BCUT2D eigenvalue weighted by Gasteiger charge is -1.97. The van der Waals surface area contributed by atoms with Gasteiger partial charge in [-0.25, -0.2) is 4.98 Å². The third kappa shape index (κ3) is 2.17. The molecule has 2 nitrogen and oxygen atoms in total. The van der Waals surface area contributed by atoms with E-state index in [1.54, 1.807) is 0 Å². The number of aromatic nitrogens is 1. The van der Waals surface area contributed by atoms with Crippen LogP contribution in [0, 0.1) is 0 Å². The van der Waals surface area contributed by atoms with Crippen LogP contribution in [-0.4, -0.2) is 11.3 Å². The number of carbonyl (C=O) groups is 1. The fourth-order valence-electron chi connectivity index (χ4n) is 0.676. The van der Waals surface area contributed by atoms with Gasteiger partial charge in [0.25, 0.3) is 0 Å². The first-order chi connectivity index (χ1) is 5.24. The van der Waals surface area contributed by atoms with Crippen LogP contribution in [0.25, 0.3) is 0 Å². The number of pyridine rings is 1. The first kappa shape index (κ1) is 8.50. The summed E-state index contributed by atoms with van der Waals surface area (Å²) in [5.74, 6) is 0. The Morgan fingerprint density at radius 1 is 1.55 bits per heavy atom. The first-order valence-corrected chi connectivity index (χ1v) is 3.73. The summed E-state index contributed by atoms with van der Waals surface area (Å²) in [4.78, 5) is 13.9. The van der Waals surface area contributed by atoms with Gasteiger partial charge in [0.05, 0.1) is 0 Å². The van der Waals surface area contributed by atoms with Gasteiger partial charge in [-0.05, 0) is 11.6 Å². The third-order valence-corrected chi connectivity index (χ3v) is 1.76. The molecule has 4 heteroatoms. The molecule has 0 aromatic carbocycles. The van der Waals surface area contributed by atoms with Crippen molar-refractivity contribution in [1.82, 2.24) is 4.98 Å². The highest BCUT2D eigenvalue weighted by Crippen LogP contribution is 2.18. The molecule has 0 saturated heterocycles. The van der Waals surface area contributed by atoms with E-state index >= 15 is 0 Å². The predicted octanol–water partition coefficient (Wildman–Crippen LogP) is 2.13. The van der Waals surface area contributed by atoms with Crippen molar-refractivity contribution in [1.29, 1.82) is 0 Å². The molecule has 0 saturated carbocycles. The van der Waals surface area contributed by atoms with Crippen molar-refractivity contribution in [2.24, 2.45) is 0 Å². The van der Waals surface area contributed by atoms with Gasteiger partial charge in [-0.2, -0.15) is 0 Å². The van der Waals surface area contributed by atoms with Crippen molar-refractivity contribution in [3.63, 3.8) is 0 Å². The van der Waals surface area contributed by atoms with E-state index in [1.807, 2.05) is 0 Å². The number of aldehydes is 1. The van der Waals surface area contributed by atoms with E-state index in [0.717, 1.165) is 6.29 Å². The van der Waals surface area contributed by atoms with Gasteiger partial charge < -0.3 is 4.79 Å². The average Bonchev–Trinajstić information content (AvgIpc) is 1.95. The molecule has 0 fully saturated rings. The molecular formula is C7H5Cl2NO. The molecule has 1 aromatic rings. The summed E-state index contributed by atoms with van der Waals surface area (Å²) in [6.07, 6.45) is 2.55. The van der Waals surface area contributed by atoms with Crippen LogP contribution < -0.4 is 0 Å². The molecule has 11 heavy (non-hydrogen) atoms. The van der Waals surface area contributed by atoms with E-state index < -0.39 is 0 Å². The zero-order valence-corrected chi connectivity index (χ0v) is 7.06. The second-order valence-corrected chi connectivity index (χ2v) is 2.76. The van der Waals surface area contributed by atoms with E-state index in [-0.39, 0.29) is 6.42 Å². The van der Waals surface area contributed by atoms with Crippen molar-refractivity contribution < 1.29 is 4.79 Å². The summed E-state index contributed by atoms with van der Waals surface area (Å²) in [5.41, 5.74) is 0.700. The number of nitrogens with zero attached hydrogens (tertiary/aromatic N) is 1. The highest BCUT2D eigenvalue weighted by atomic mass is 35.5. The van der Waals surface area contributed by atoms with E-state index in [0.29, 0.717) is 15.7 Å². The second-order valence-electron chi connectivity index (χ2n) is 1.97. The highest BCUT2D eigenvalue weighted by Gasteiger charge is 2.00. The largest absolute Gasteiger partial charge is 0.303 e. The fourth-order valence-corrected chi connectivity index (χ4v) is 1.12. The van der Waals surface area contributed by atoms with Gasteiger partial charge in [0.1, 0.15) is 11.4 Å². The van der Waals surface area contributed by atoms with Crippen molar-refractivity contribution >= 4 is 29.5 Å². The normalized spacial score (nSPS) is 9.64. The number of hydrogen-bond donors (Lipinski definition) is 0. The van der Waals surface area contributed by atoms with Crippen LogP contribution in [0.1, 0.15) is 5.56 Å². The van der Waals surface area contributed by atoms with Crippen molar-refractivity contribution in [2.75, 3.05) is 0 Å². The smallest absolute Gasteiger partial charge is 0.130 e. The molecule has 0 aliphatic heterocycles. The Morgan fingerprint density at radius 2 is 2.27 bits per heavy atom. The minimum Gasteiger partial charge on any atom is -0.303 e. The molecule has 0 unspecified atom stereocenters. The number of rotatable bonds is 2. The Morgan fingerprint density at radius 3 is 2.82 bits per heavy atom. The molecule has 1 heterocycles. The molecule has 0 radical (unpaired) electrons. The predicted molar refractivity (Wildman–Crippen MR) is 44.0 cm³/mol. The lowest BCUT2D eigenvalue weighted by atomic mass is 10.2. The molecule has 0 aliphatic carbocycles. The summed E-state index contributed by atoms with van der Waals surface area (Å²) in [6.45, 7) is 0. The van der Waals surface area contributed by atoms with Crippen LogP contribution in [0.4, 0.5) is 0 Å². The van der Waals surface area contributed by atoms with Crippen LogP contribution in [0.5, 0.6) is 0 Å². The Balaban J connectivity index is 2.98. The maximum Gasteiger partial charge on any atom is 0.130 e. The Hall–Kier alpha value is -0.600. The van der Waals surface area contributed by atoms with Gasteiger partial charge >= 0.3 is 0 Å². The second kappa shape index (κ2) is 3.69. The van der Waals surface area contributed by atoms with Crippen LogP contribution in [-0.2, 0) is 11.2 Å². The van der Waals surface area contributed by atoms with E-state index in [4.69, 9.17) is 23.2 Å². The molecule has 0 N–H and O–H groups in total. The van der Waals surface area contributed by atoms with Gasteiger partial charge in [0.2, 0.25) is 0 Å². The summed E-state index contributed by atoms with van der Waals surface area (Å²) in [5, 5.41) is 0.821. The maximum atomic E-state index is 10.1. The van der Waals surface area contributed by atoms with Crippen LogP contribution in [0.2, 0.25) is 10.2 Å². The summed E-state index contributed by atoms with van der Waals surface area (Å²) < 4.78 is 0. The van der Waals surface area contributed by atoms with Gasteiger partial charge in [-0.1, -0.05) is 23.2 Å². The van der Waals surface area contributed by atoms with Crippen molar-refractivity contribution in [3.8, 4) is 0 Å². The molecule has 1 aromatic heterocycles. The van der Waals surface area contributed by atoms with Crippen molar-refractivity contribution in [2.45, 2.75) is 6.42 Å². The molecule has 0 spiro atoms. The van der Waals surface area contributed by atoms with Crippen LogP contribution in [0.3, 0.4) is 0 Å². The highest BCUT2D eigenvalue weighted by molar-refractivity contribution is 6.34. The number of halogens is 2.